The molecule has 2 rings (SSSR count). The smallest absolute Gasteiger partial charge is 0.108 e. The molecule has 0 aliphatic carbocycles. The Morgan fingerprint density at radius 2 is 2.27 bits per heavy atom. The number of rotatable bonds is 4. The second-order valence-electron chi connectivity index (χ2n) is 3.76. The van der Waals surface area contributed by atoms with Gasteiger partial charge in [0.25, 0.3) is 0 Å². The van der Waals surface area contributed by atoms with E-state index in [1.54, 1.807) is 11.3 Å². The first-order valence-electron chi connectivity index (χ1n) is 5.36. The summed E-state index contributed by atoms with van der Waals surface area (Å²) in [5, 5.41) is 4.56. The van der Waals surface area contributed by atoms with Crippen molar-refractivity contribution in [3.8, 4) is 0 Å². The monoisotopic (exact) mass is 220 g/mol. The number of hydrogen-bond donors (Lipinski definition) is 1. The SMILES string of the molecule is CCCNCc1nc2ccc(C)cc2s1. The van der Waals surface area contributed by atoms with E-state index in [4.69, 9.17) is 0 Å². The number of fused-ring (bicyclic) bond motifs is 1. The first-order valence-corrected chi connectivity index (χ1v) is 6.18. The molecule has 0 amide bonds. The molecule has 80 valence electrons. The predicted molar refractivity (Wildman–Crippen MR) is 66.4 cm³/mol. The second-order valence-corrected chi connectivity index (χ2v) is 4.87. The van der Waals surface area contributed by atoms with Crippen molar-refractivity contribution in [2.45, 2.75) is 26.8 Å². The fourth-order valence-electron chi connectivity index (χ4n) is 1.53. The van der Waals surface area contributed by atoms with Crippen molar-refractivity contribution in [2.75, 3.05) is 6.54 Å². The molecular formula is C12H16N2S. The Kier molecular flexibility index (Phi) is 3.34. The molecule has 0 aliphatic rings. The lowest BCUT2D eigenvalue weighted by Crippen LogP contribution is -2.13. The highest BCUT2D eigenvalue weighted by molar-refractivity contribution is 7.18. The molecule has 1 N–H and O–H groups in total. The van der Waals surface area contributed by atoms with Gasteiger partial charge < -0.3 is 5.32 Å². The third-order valence-electron chi connectivity index (χ3n) is 2.29. The summed E-state index contributed by atoms with van der Waals surface area (Å²) in [6.45, 7) is 6.25. The van der Waals surface area contributed by atoms with Crippen molar-refractivity contribution in [3.63, 3.8) is 0 Å². The van der Waals surface area contributed by atoms with Crippen LogP contribution in [0.3, 0.4) is 0 Å². The Hall–Kier alpha value is -0.930. The summed E-state index contributed by atoms with van der Waals surface area (Å²) in [7, 11) is 0. The first-order chi connectivity index (χ1) is 7.29. The van der Waals surface area contributed by atoms with Gasteiger partial charge in [-0.05, 0) is 37.6 Å². The third kappa shape index (κ3) is 2.55. The van der Waals surface area contributed by atoms with E-state index in [0.717, 1.165) is 18.6 Å². The fraction of sp³-hybridized carbons (Fsp3) is 0.417. The summed E-state index contributed by atoms with van der Waals surface area (Å²) in [6.07, 6.45) is 1.17. The number of aromatic nitrogens is 1. The van der Waals surface area contributed by atoms with E-state index in [2.05, 4.69) is 42.3 Å². The summed E-state index contributed by atoms with van der Waals surface area (Å²) < 4.78 is 1.29. The van der Waals surface area contributed by atoms with Gasteiger partial charge in [0.15, 0.2) is 0 Å². The largest absolute Gasteiger partial charge is 0.310 e. The number of nitrogens with zero attached hydrogens (tertiary/aromatic N) is 1. The molecule has 1 aromatic carbocycles. The number of aryl methyl sites for hydroxylation is 1. The van der Waals surface area contributed by atoms with E-state index in [1.807, 2.05) is 0 Å². The Balaban J connectivity index is 2.16. The van der Waals surface area contributed by atoms with Crippen molar-refractivity contribution >= 4 is 21.6 Å². The Labute approximate surface area is 94.3 Å². The van der Waals surface area contributed by atoms with Crippen LogP contribution in [-0.2, 0) is 6.54 Å². The van der Waals surface area contributed by atoms with Crippen molar-refractivity contribution in [1.29, 1.82) is 0 Å². The van der Waals surface area contributed by atoms with Crippen molar-refractivity contribution in [2.24, 2.45) is 0 Å². The van der Waals surface area contributed by atoms with Gasteiger partial charge in [0.05, 0.1) is 10.2 Å². The van der Waals surface area contributed by atoms with Crippen LogP contribution in [0.15, 0.2) is 18.2 Å². The molecule has 0 saturated heterocycles. The number of nitrogens with one attached hydrogen (secondary N) is 1. The Morgan fingerprint density at radius 3 is 3.07 bits per heavy atom. The lowest BCUT2D eigenvalue weighted by atomic mass is 10.2. The fourth-order valence-corrected chi connectivity index (χ4v) is 2.56. The van der Waals surface area contributed by atoms with E-state index in [0.29, 0.717) is 0 Å². The molecule has 0 radical (unpaired) electrons. The van der Waals surface area contributed by atoms with Gasteiger partial charge in [-0.25, -0.2) is 4.98 Å². The molecule has 2 nitrogen and oxygen atoms in total. The molecule has 2 aromatic rings. The molecule has 1 aromatic heterocycles. The highest BCUT2D eigenvalue weighted by atomic mass is 32.1. The average Bonchev–Trinajstić information content (AvgIpc) is 2.60. The van der Waals surface area contributed by atoms with Crippen LogP contribution in [0.25, 0.3) is 10.2 Å². The summed E-state index contributed by atoms with van der Waals surface area (Å²) in [6, 6.07) is 6.42. The summed E-state index contributed by atoms with van der Waals surface area (Å²) in [4.78, 5) is 4.58. The quantitative estimate of drug-likeness (QED) is 0.801. The maximum Gasteiger partial charge on any atom is 0.108 e. The van der Waals surface area contributed by atoms with Crippen LogP contribution < -0.4 is 5.32 Å². The van der Waals surface area contributed by atoms with Gasteiger partial charge in [-0.2, -0.15) is 0 Å². The third-order valence-corrected chi connectivity index (χ3v) is 3.31. The van der Waals surface area contributed by atoms with Crippen molar-refractivity contribution < 1.29 is 0 Å². The van der Waals surface area contributed by atoms with Gasteiger partial charge in [-0.15, -0.1) is 11.3 Å². The van der Waals surface area contributed by atoms with Crippen LogP contribution in [0.4, 0.5) is 0 Å². The Bertz CT molecular complexity index is 448. The van der Waals surface area contributed by atoms with E-state index in [9.17, 15) is 0 Å². The highest BCUT2D eigenvalue weighted by Gasteiger charge is 2.02. The second kappa shape index (κ2) is 4.73. The van der Waals surface area contributed by atoms with Crippen LogP contribution in [-0.4, -0.2) is 11.5 Å². The van der Waals surface area contributed by atoms with E-state index in [1.165, 1.54) is 21.7 Å². The molecule has 0 saturated carbocycles. The molecule has 0 bridgehead atoms. The zero-order valence-electron chi connectivity index (χ0n) is 9.21. The standard InChI is InChI=1S/C12H16N2S/c1-3-6-13-8-12-14-10-5-4-9(2)7-11(10)15-12/h4-5,7,13H,3,6,8H2,1-2H3. The zero-order chi connectivity index (χ0) is 10.7. The van der Waals surface area contributed by atoms with E-state index >= 15 is 0 Å². The zero-order valence-corrected chi connectivity index (χ0v) is 10.0. The molecule has 15 heavy (non-hydrogen) atoms. The topological polar surface area (TPSA) is 24.9 Å². The Morgan fingerprint density at radius 1 is 1.40 bits per heavy atom. The van der Waals surface area contributed by atoms with Gasteiger partial charge in [-0.1, -0.05) is 13.0 Å². The summed E-state index contributed by atoms with van der Waals surface area (Å²) in [5.41, 5.74) is 2.43. The van der Waals surface area contributed by atoms with E-state index < -0.39 is 0 Å². The van der Waals surface area contributed by atoms with Crippen LogP contribution in [0.5, 0.6) is 0 Å². The molecule has 1 heterocycles. The molecule has 0 atom stereocenters. The van der Waals surface area contributed by atoms with Gasteiger partial charge in [0.1, 0.15) is 5.01 Å². The van der Waals surface area contributed by atoms with Crippen LogP contribution in [0.2, 0.25) is 0 Å². The lowest BCUT2D eigenvalue weighted by molar-refractivity contribution is 0.673. The molecule has 0 spiro atoms. The molecule has 0 fully saturated rings. The van der Waals surface area contributed by atoms with Gasteiger partial charge >= 0.3 is 0 Å². The average molecular weight is 220 g/mol. The van der Waals surface area contributed by atoms with Crippen LogP contribution in [0.1, 0.15) is 23.9 Å². The minimum Gasteiger partial charge on any atom is -0.310 e. The minimum absolute atomic E-state index is 0.895. The number of hydrogen-bond acceptors (Lipinski definition) is 3. The maximum atomic E-state index is 4.58. The summed E-state index contributed by atoms with van der Waals surface area (Å²) in [5.74, 6) is 0. The molecule has 3 heteroatoms. The van der Waals surface area contributed by atoms with Crippen molar-refractivity contribution in [3.05, 3.63) is 28.8 Å². The highest BCUT2D eigenvalue weighted by Crippen LogP contribution is 2.22. The van der Waals surface area contributed by atoms with Crippen molar-refractivity contribution in [1.82, 2.24) is 10.3 Å². The van der Waals surface area contributed by atoms with Gasteiger partial charge in [-0.3, -0.25) is 0 Å². The number of thiazole rings is 1. The lowest BCUT2D eigenvalue weighted by Gasteiger charge is -1.96. The molecule has 0 unspecified atom stereocenters. The number of benzene rings is 1. The maximum absolute atomic E-state index is 4.58. The summed E-state index contributed by atoms with van der Waals surface area (Å²) >= 11 is 1.79. The molecular weight excluding hydrogens is 204 g/mol. The normalized spacial score (nSPS) is 11.1. The molecule has 0 aliphatic heterocycles. The van der Waals surface area contributed by atoms with Crippen LogP contribution >= 0.6 is 11.3 Å². The van der Waals surface area contributed by atoms with E-state index in [-0.39, 0.29) is 0 Å². The predicted octanol–water partition coefficient (Wildman–Crippen LogP) is 3.10. The van der Waals surface area contributed by atoms with Gasteiger partial charge in [0, 0.05) is 6.54 Å². The van der Waals surface area contributed by atoms with Gasteiger partial charge in [0.2, 0.25) is 0 Å². The van der Waals surface area contributed by atoms with Crippen LogP contribution in [0, 0.1) is 6.92 Å². The first kappa shape index (κ1) is 10.6. The minimum atomic E-state index is 0.895.